The molecular weight excluding hydrogens is 739 g/mol. The Kier molecular flexibility index (Phi) is 12.3. The Morgan fingerprint density at radius 3 is 2.12 bits per heavy atom. The lowest BCUT2D eigenvalue weighted by Crippen LogP contribution is -2.48. The number of aromatic amines is 1. The van der Waals surface area contributed by atoms with Gasteiger partial charge in [-0.05, 0) is 220 Å². The van der Waals surface area contributed by atoms with E-state index in [-0.39, 0.29) is 18.0 Å². The number of aromatic nitrogens is 2. The number of likely N-dealkylation sites (tertiary alicyclic amines) is 1. The van der Waals surface area contributed by atoms with Gasteiger partial charge in [0.25, 0.3) is 11.5 Å². The zero-order valence-corrected chi connectivity index (χ0v) is 38.4. The number of aryl methyl sites for hydroxylation is 2. The van der Waals surface area contributed by atoms with Crippen molar-refractivity contribution >= 4 is 16.8 Å². The molecule has 1 amide bonds. The van der Waals surface area contributed by atoms with E-state index >= 15 is 0 Å². The van der Waals surface area contributed by atoms with Gasteiger partial charge >= 0.3 is 0 Å². The third kappa shape index (κ3) is 8.84. The number of nitrogens with one attached hydrogen (secondary N) is 2. The molecule has 3 heterocycles. The highest BCUT2D eigenvalue weighted by Gasteiger charge is 2.50. The normalized spacial score (nSPS) is 32.2. The molecule has 328 valence electrons. The molecule has 7 nitrogen and oxygen atoms in total. The summed E-state index contributed by atoms with van der Waals surface area (Å²) in [4.78, 5) is 35.3. The molecule has 3 atom stereocenters. The molecule has 3 aromatic rings. The van der Waals surface area contributed by atoms with Gasteiger partial charge < -0.3 is 24.7 Å². The molecule has 2 N–H and O–H groups in total. The molecule has 6 saturated carbocycles. The number of carbonyl (C=O) groups excluding carboxylic acids is 1. The first-order valence-corrected chi connectivity index (χ1v) is 24.9. The standard InChI is InChI=1S/C53H79N5O2/c1-7-39-23-40-25-41(24-39)30-52(6,29-40)14-18-57(19-15-53-31-42-26-43(32-53)28-44(27-42)33-53)21-20-56-16-12-45(13-17-56)37(4)58-38(5)49(46-10-8-9-11-48(46)58)51(60)54-34-47-35(2)22-36(3)55-50(47)59/h8-11,22,37,39-45H,7,12-21,23-34H2,1-6H3,(H,54,60)(H,55,59)/t37-,39?,40?,41?,42?,43?,44?,52?,53?/m0/s1. The second kappa shape index (κ2) is 17.3. The number of benzene rings is 1. The number of hydrogen-bond donors (Lipinski definition) is 2. The van der Waals surface area contributed by atoms with Gasteiger partial charge in [0.2, 0.25) is 0 Å². The summed E-state index contributed by atoms with van der Waals surface area (Å²) in [5, 5.41) is 4.11. The highest BCUT2D eigenvalue weighted by Crippen LogP contribution is 2.61. The van der Waals surface area contributed by atoms with Crippen molar-refractivity contribution in [2.24, 2.45) is 52.3 Å². The highest BCUT2D eigenvalue weighted by atomic mass is 16.2. The van der Waals surface area contributed by atoms with Gasteiger partial charge in [-0.15, -0.1) is 0 Å². The maximum atomic E-state index is 13.9. The number of rotatable bonds is 15. The number of nitrogens with zero attached hydrogens (tertiary/aromatic N) is 3. The number of carbonyl (C=O) groups is 1. The molecule has 1 aliphatic heterocycles. The SMILES string of the molecule is CCC1CC2CC(C1)CC(C)(CCN(CCN1CCC([C@H](C)n3c(C)c(C(=O)NCc4c(C)cc(C)[nH]c4=O)c4ccccc43)CC1)CCC13CC4CC(CC(C4)C1)C3)C2. The number of amides is 1. The summed E-state index contributed by atoms with van der Waals surface area (Å²) in [5.74, 6) is 6.53. The quantitative estimate of drug-likeness (QED) is 0.160. The Labute approximate surface area is 362 Å². The fourth-order valence-corrected chi connectivity index (χ4v) is 15.5. The van der Waals surface area contributed by atoms with Crippen LogP contribution in [-0.4, -0.2) is 64.5 Å². The van der Waals surface area contributed by atoms with E-state index in [0.29, 0.717) is 28.4 Å². The minimum atomic E-state index is -0.127. The van der Waals surface area contributed by atoms with Gasteiger partial charge in [0, 0.05) is 53.5 Å². The van der Waals surface area contributed by atoms with E-state index in [1.54, 1.807) is 19.3 Å². The van der Waals surface area contributed by atoms with Gasteiger partial charge in [-0.3, -0.25) is 9.59 Å². The van der Waals surface area contributed by atoms with Gasteiger partial charge in [-0.25, -0.2) is 0 Å². The Balaban J connectivity index is 0.832. The van der Waals surface area contributed by atoms with Crippen molar-refractivity contribution in [1.29, 1.82) is 0 Å². The van der Waals surface area contributed by atoms with E-state index in [1.807, 2.05) is 26.0 Å². The predicted octanol–water partition coefficient (Wildman–Crippen LogP) is 11.0. The second-order valence-electron chi connectivity index (χ2n) is 22.6. The van der Waals surface area contributed by atoms with Crippen molar-refractivity contribution in [3.8, 4) is 0 Å². The van der Waals surface area contributed by atoms with Crippen LogP contribution >= 0.6 is 0 Å². The molecule has 10 rings (SSSR count). The molecule has 2 unspecified atom stereocenters. The molecular formula is C53H79N5O2. The lowest BCUT2D eigenvalue weighted by molar-refractivity contribution is -0.0618. The highest BCUT2D eigenvalue weighted by molar-refractivity contribution is 6.08. The number of H-pyrrole nitrogens is 1. The minimum absolute atomic E-state index is 0.109. The van der Waals surface area contributed by atoms with Crippen LogP contribution in [0.1, 0.15) is 162 Å². The summed E-state index contributed by atoms with van der Waals surface area (Å²) in [6.07, 6.45) is 23.3. The summed E-state index contributed by atoms with van der Waals surface area (Å²) in [7, 11) is 0. The molecule has 7 heteroatoms. The maximum absolute atomic E-state index is 13.9. The summed E-state index contributed by atoms with van der Waals surface area (Å²) < 4.78 is 2.45. The molecule has 0 spiro atoms. The molecule has 2 aromatic heterocycles. The number of fused-ring (bicyclic) bond motifs is 3. The molecule has 7 fully saturated rings. The smallest absolute Gasteiger partial charge is 0.254 e. The molecule has 6 bridgehead atoms. The van der Waals surface area contributed by atoms with E-state index in [2.05, 4.69) is 70.6 Å². The first kappa shape index (κ1) is 42.4. The van der Waals surface area contributed by atoms with E-state index in [9.17, 15) is 9.59 Å². The van der Waals surface area contributed by atoms with Crippen LogP contribution in [0.5, 0.6) is 0 Å². The van der Waals surface area contributed by atoms with Crippen molar-refractivity contribution in [2.75, 3.05) is 39.3 Å². The lowest BCUT2D eigenvalue weighted by atomic mass is 9.49. The van der Waals surface area contributed by atoms with Crippen LogP contribution in [0.2, 0.25) is 0 Å². The number of para-hydroxylation sites is 1. The van der Waals surface area contributed by atoms with Crippen molar-refractivity contribution in [1.82, 2.24) is 24.7 Å². The topological polar surface area (TPSA) is 73.4 Å². The van der Waals surface area contributed by atoms with Gasteiger partial charge in [-0.2, -0.15) is 0 Å². The molecule has 6 aliphatic carbocycles. The van der Waals surface area contributed by atoms with E-state index < -0.39 is 0 Å². The van der Waals surface area contributed by atoms with Gasteiger partial charge in [-0.1, -0.05) is 38.5 Å². The number of hydrogen-bond acceptors (Lipinski definition) is 4. The van der Waals surface area contributed by atoms with Gasteiger partial charge in [0.15, 0.2) is 0 Å². The number of piperidine rings is 1. The van der Waals surface area contributed by atoms with Crippen LogP contribution < -0.4 is 10.9 Å². The summed E-state index contributed by atoms with van der Waals surface area (Å²) in [5.41, 5.74) is 6.31. The second-order valence-corrected chi connectivity index (χ2v) is 22.6. The molecule has 60 heavy (non-hydrogen) atoms. The first-order valence-electron chi connectivity index (χ1n) is 24.9. The van der Waals surface area contributed by atoms with Crippen molar-refractivity contribution in [3.05, 3.63) is 68.8 Å². The fourth-order valence-electron chi connectivity index (χ4n) is 15.5. The first-order chi connectivity index (χ1) is 28.9. The predicted molar refractivity (Wildman–Crippen MR) is 246 cm³/mol. The lowest BCUT2D eigenvalue weighted by Gasteiger charge is -2.57. The third-order valence-corrected chi connectivity index (χ3v) is 18.1. The Morgan fingerprint density at radius 1 is 0.867 bits per heavy atom. The molecule has 1 saturated heterocycles. The van der Waals surface area contributed by atoms with Crippen LogP contribution in [0.4, 0.5) is 0 Å². The van der Waals surface area contributed by atoms with Crippen LogP contribution in [-0.2, 0) is 6.54 Å². The van der Waals surface area contributed by atoms with Crippen LogP contribution in [0.25, 0.3) is 10.9 Å². The van der Waals surface area contributed by atoms with Crippen LogP contribution in [0.15, 0.2) is 35.1 Å². The average molecular weight is 818 g/mol. The fraction of sp³-hybridized carbons (Fsp3) is 0.736. The van der Waals surface area contributed by atoms with Crippen molar-refractivity contribution < 1.29 is 4.79 Å². The third-order valence-electron chi connectivity index (χ3n) is 18.1. The average Bonchev–Trinajstić information content (AvgIpc) is 3.50. The largest absolute Gasteiger partial charge is 0.348 e. The van der Waals surface area contributed by atoms with Crippen molar-refractivity contribution in [2.45, 2.75) is 157 Å². The van der Waals surface area contributed by atoms with Crippen LogP contribution in [0, 0.1) is 73.0 Å². The van der Waals surface area contributed by atoms with Gasteiger partial charge in [0.1, 0.15) is 0 Å². The monoisotopic (exact) mass is 818 g/mol. The summed E-state index contributed by atoms with van der Waals surface area (Å²) in [6, 6.07) is 10.7. The zero-order chi connectivity index (χ0) is 41.8. The van der Waals surface area contributed by atoms with E-state index in [0.717, 1.165) is 82.0 Å². The molecule has 0 radical (unpaired) electrons. The van der Waals surface area contributed by atoms with Crippen molar-refractivity contribution in [3.63, 3.8) is 0 Å². The van der Waals surface area contributed by atoms with E-state index in [1.165, 1.54) is 110 Å². The number of pyridine rings is 1. The zero-order valence-electron chi connectivity index (χ0n) is 38.4. The maximum Gasteiger partial charge on any atom is 0.254 e. The van der Waals surface area contributed by atoms with Crippen LogP contribution in [0.3, 0.4) is 0 Å². The summed E-state index contributed by atoms with van der Waals surface area (Å²) in [6.45, 7) is 21.0. The Hall–Kier alpha value is -2.90. The van der Waals surface area contributed by atoms with E-state index in [4.69, 9.17) is 0 Å². The Morgan fingerprint density at radius 2 is 1.48 bits per heavy atom. The molecule has 1 aromatic carbocycles. The van der Waals surface area contributed by atoms with Gasteiger partial charge in [0.05, 0.1) is 5.56 Å². The minimum Gasteiger partial charge on any atom is -0.348 e. The Bertz CT molecular complexity index is 2000. The summed E-state index contributed by atoms with van der Waals surface area (Å²) >= 11 is 0. The molecule has 7 aliphatic rings.